The van der Waals surface area contributed by atoms with Crippen molar-refractivity contribution in [1.82, 2.24) is 5.32 Å². The number of methoxy groups -OCH3 is 2. The number of nitrogens with one attached hydrogen (secondary N) is 1. The highest BCUT2D eigenvalue weighted by molar-refractivity contribution is 7.16. The number of amides is 1. The van der Waals surface area contributed by atoms with Crippen molar-refractivity contribution in [2.45, 2.75) is 19.9 Å². The zero-order valence-corrected chi connectivity index (χ0v) is 14.5. The van der Waals surface area contributed by atoms with Crippen molar-refractivity contribution in [3.8, 4) is 11.5 Å². The van der Waals surface area contributed by atoms with Crippen LogP contribution in [0.3, 0.4) is 0 Å². The molecule has 0 spiro atoms. The summed E-state index contributed by atoms with van der Waals surface area (Å²) >= 11 is 7.38. The second-order valence-corrected chi connectivity index (χ2v) is 6.59. The van der Waals surface area contributed by atoms with Gasteiger partial charge in [-0.25, -0.2) is 0 Å². The van der Waals surface area contributed by atoms with Gasteiger partial charge in [-0.05, 0) is 38.1 Å². The molecule has 1 N–H and O–H groups in total. The minimum absolute atomic E-state index is 0.122. The maximum Gasteiger partial charge on any atom is 0.252 e. The fraction of sp³-hybridized carbons (Fsp3) is 0.312. The second-order valence-electron chi connectivity index (χ2n) is 4.84. The molecule has 0 bridgehead atoms. The first-order chi connectivity index (χ1) is 10.5. The van der Waals surface area contributed by atoms with E-state index in [-0.39, 0.29) is 11.9 Å². The molecule has 118 valence electrons. The van der Waals surface area contributed by atoms with Gasteiger partial charge in [0.05, 0.1) is 24.6 Å². The van der Waals surface area contributed by atoms with E-state index in [4.69, 9.17) is 21.1 Å². The Bertz CT molecular complexity index is 659. The molecule has 0 saturated carbocycles. The number of thiophene rings is 1. The summed E-state index contributed by atoms with van der Waals surface area (Å²) in [6, 6.07) is 7.03. The number of benzene rings is 1. The fourth-order valence-electron chi connectivity index (χ4n) is 2.13. The number of hydrogen-bond acceptors (Lipinski definition) is 4. The van der Waals surface area contributed by atoms with Gasteiger partial charge in [0, 0.05) is 16.0 Å². The summed E-state index contributed by atoms with van der Waals surface area (Å²) in [4.78, 5) is 13.4. The first kappa shape index (κ1) is 16.6. The van der Waals surface area contributed by atoms with Gasteiger partial charge in [0.15, 0.2) is 0 Å². The zero-order chi connectivity index (χ0) is 16.3. The van der Waals surface area contributed by atoms with Gasteiger partial charge in [-0.2, -0.15) is 0 Å². The summed E-state index contributed by atoms with van der Waals surface area (Å²) in [5, 5.41) is 2.95. The van der Waals surface area contributed by atoms with E-state index >= 15 is 0 Å². The lowest BCUT2D eigenvalue weighted by Crippen LogP contribution is -2.26. The lowest BCUT2D eigenvalue weighted by atomic mass is 10.1. The minimum atomic E-state index is -0.186. The molecule has 0 saturated heterocycles. The quantitative estimate of drug-likeness (QED) is 0.887. The van der Waals surface area contributed by atoms with Crippen LogP contribution in [0.25, 0.3) is 0 Å². The highest BCUT2D eigenvalue weighted by atomic mass is 35.5. The summed E-state index contributed by atoms with van der Waals surface area (Å²) in [6.07, 6.45) is 0. The van der Waals surface area contributed by atoms with E-state index in [0.717, 1.165) is 10.4 Å². The van der Waals surface area contributed by atoms with Gasteiger partial charge in [-0.1, -0.05) is 11.6 Å². The Balaban J connectivity index is 2.22. The van der Waals surface area contributed by atoms with Crippen molar-refractivity contribution >= 4 is 28.8 Å². The molecule has 4 nitrogen and oxygen atoms in total. The van der Waals surface area contributed by atoms with Crippen molar-refractivity contribution in [3.05, 3.63) is 44.6 Å². The third-order valence-corrected chi connectivity index (χ3v) is 4.80. The fourth-order valence-corrected chi connectivity index (χ4v) is 3.19. The largest absolute Gasteiger partial charge is 0.496 e. The zero-order valence-electron chi connectivity index (χ0n) is 12.9. The Morgan fingerprint density at radius 2 is 1.82 bits per heavy atom. The SMILES string of the molecule is COc1cc(C(=O)N[C@@H](C)c2ccc(Cl)s2)cc(OC)c1C. The van der Waals surface area contributed by atoms with Crippen molar-refractivity contribution in [2.75, 3.05) is 14.2 Å². The first-order valence-corrected chi connectivity index (χ1v) is 7.94. The van der Waals surface area contributed by atoms with Crippen LogP contribution in [-0.4, -0.2) is 20.1 Å². The van der Waals surface area contributed by atoms with Crippen LogP contribution in [0.2, 0.25) is 4.34 Å². The molecule has 1 heterocycles. The van der Waals surface area contributed by atoms with E-state index in [1.165, 1.54) is 11.3 Å². The molecular weight excluding hydrogens is 322 g/mol. The molecule has 0 aliphatic carbocycles. The van der Waals surface area contributed by atoms with Crippen LogP contribution in [-0.2, 0) is 0 Å². The molecule has 0 aliphatic rings. The number of carbonyl (C=O) groups excluding carboxylic acids is 1. The summed E-state index contributed by atoms with van der Waals surface area (Å²) in [7, 11) is 3.14. The maximum atomic E-state index is 12.4. The van der Waals surface area contributed by atoms with Gasteiger partial charge in [0.2, 0.25) is 0 Å². The van der Waals surface area contributed by atoms with Crippen LogP contribution in [0.1, 0.15) is 33.8 Å². The van der Waals surface area contributed by atoms with Crippen LogP contribution in [0.5, 0.6) is 11.5 Å². The van der Waals surface area contributed by atoms with Crippen LogP contribution in [0.4, 0.5) is 0 Å². The van der Waals surface area contributed by atoms with E-state index in [2.05, 4.69) is 5.32 Å². The van der Waals surface area contributed by atoms with Crippen molar-refractivity contribution < 1.29 is 14.3 Å². The molecule has 0 radical (unpaired) electrons. The van der Waals surface area contributed by atoms with Crippen molar-refractivity contribution in [2.24, 2.45) is 0 Å². The molecule has 1 amide bonds. The van der Waals surface area contributed by atoms with Crippen LogP contribution >= 0.6 is 22.9 Å². The first-order valence-electron chi connectivity index (χ1n) is 6.75. The number of carbonyl (C=O) groups is 1. The molecule has 0 aliphatic heterocycles. The minimum Gasteiger partial charge on any atom is -0.496 e. The molecule has 1 aromatic heterocycles. The van der Waals surface area contributed by atoms with Crippen LogP contribution < -0.4 is 14.8 Å². The summed E-state index contributed by atoms with van der Waals surface area (Å²) in [6.45, 7) is 3.80. The molecule has 0 fully saturated rings. The van der Waals surface area contributed by atoms with Gasteiger partial charge in [-0.3, -0.25) is 4.79 Å². The van der Waals surface area contributed by atoms with Crippen LogP contribution in [0.15, 0.2) is 24.3 Å². The third-order valence-electron chi connectivity index (χ3n) is 3.38. The van der Waals surface area contributed by atoms with Gasteiger partial charge in [-0.15, -0.1) is 11.3 Å². The summed E-state index contributed by atoms with van der Waals surface area (Å²) in [5.74, 6) is 1.06. The Morgan fingerprint density at radius 1 is 1.23 bits per heavy atom. The molecule has 6 heteroatoms. The van der Waals surface area contributed by atoms with Gasteiger partial charge in [0.1, 0.15) is 11.5 Å². The Morgan fingerprint density at radius 3 is 2.27 bits per heavy atom. The number of halogens is 1. The molecule has 0 unspecified atom stereocenters. The van der Waals surface area contributed by atoms with E-state index in [9.17, 15) is 4.79 Å². The molecule has 1 atom stereocenters. The van der Waals surface area contributed by atoms with E-state index in [0.29, 0.717) is 21.4 Å². The predicted molar refractivity (Wildman–Crippen MR) is 89.5 cm³/mol. The molecule has 2 aromatic rings. The summed E-state index contributed by atoms with van der Waals surface area (Å²) < 4.78 is 11.3. The third kappa shape index (κ3) is 3.54. The van der Waals surface area contributed by atoms with Crippen LogP contribution in [0, 0.1) is 6.92 Å². The van der Waals surface area contributed by atoms with E-state index < -0.39 is 0 Å². The van der Waals surface area contributed by atoms with E-state index in [1.54, 1.807) is 26.4 Å². The van der Waals surface area contributed by atoms with Crippen molar-refractivity contribution in [3.63, 3.8) is 0 Å². The molecule has 1 aromatic carbocycles. The lowest BCUT2D eigenvalue weighted by Gasteiger charge is -2.15. The number of rotatable bonds is 5. The number of hydrogen-bond donors (Lipinski definition) is 1. The average Bonchev–Trinajstić information content (AvgIpc) is 2.94. The maximum absolute atomic E-state index is 12.4. The average molecular weight is 340 g/mol. The Hall–Kier alpha value is -1.72. The molecule has 22 heavy (non-hydrogen) atoms. The van der Waals surface area contributed by atoms with E-state index in [1.807, 2.05) is 26.0 Å². The summed E-state index contributed by atoms with van der Waals surface area (Å²) in [5.41, 5.74) is 1.36. The predicted octanol–water partition coefficient (Wildman–Crippen LogP) is 4.22. The van der Waals surface area contributed by atoms with Gasteiger partial charge >= 0.3 is 0 Å². The Labute approximate surface area is 139 Å². The highest BCUT2D eigenvalue weighted by Crippen LogP contribution is 2.30. The number of ether oxygens (including phenoxy) is 2. The second kappa shape index (κ2) is 7.03. The standard InChI is InChI=1S/C16H18ClNO3S/c1-9-12(20-3)7-11(8-13(9)21-4)16(19)18-10(2)14-5-6-15(17)22-14/h5-8,10H,1-4H3,(H,18,19)/t10-/m0/s1. The van der Waals surface area contributed by atoms with Gasteiger partial charge < -0.3 is 14.8 Å². The molecular formula is C16H18ClNO3S. The Kier molecular flexibility index (Phi) is 5.32. The van der Waals surface area contributed by atoms with Gasteiger partial charge in [0.25, 0.3) is 5.91 Å². The molecule has 2 rings (SSSR count). The smallest absolute Gasteiger partial charge is 0.252 e. The monoisotopic (exact) mass is 339 g/mol. The highest BCUT2D eigenvalue weighted by Gasteiger charge is 2.16. The topological polar surface area (TPSA) is 47.6 Å². The lowest BCUT2D eigenvalue weighted by molar-refractivity contribution is 0.0939. The normalized spacial score (nSPS) is 11.9. The van der Waals surface area contributed by atoms with Crippen molar-refractivity contribution in [1.29, 1.82) is 0 Å².